The van der Waals surface area contributed by atoms with Crippen molar-refractivity contribution < 1.29 is 17.6 Å². The summed E-state index contributed by atoms with van der Waals surface area (Å²) in [5.41, 5.74) is 2.21. The molecule has 1 aromatic carbocycles. The van der Waals surface area contributed by atoms with Gasteiger partial charge in [0, 0.05) is 18.7 Å². The zero-order valence-corrected chi connectivity index (χ0v) is 16.7. The number of hydrogen-bond donors (Lipinski definition) is 0. The number of hydrogen-bond acceptors (Lipinski definition) is 5. The van der Waals surface area contributed by atoms with Gasteiger partial charge in [0.2, 0.25) is 11.8 Å². The summed E-state index contributed by atoms with van der Waals surface area (Å²) in [6.07, 6.45) is 4.06. The first-order chi connectivity index (χ1) is 12.9. The molecule has 0 radical (unpaired) electrons. The van der Waals surface area contributed by atoms with Crippen LogP contribution in [0.25, 0.3) is 11.5 Å². The van der Waals surface area contributed by atoms with Crippen LogP contribution in [-0.4, -0.2) is 43.1 Å². The van der Waals surface area contributed by atoms with Gasteiger partial charge in [-0.2, -0.15) is 0 Å². The molecule has 0 bridgehead atoms. The molecule has 2 aromatic rings. The van der Waals surface area contributed by atoms with Crippen LogP contribution in [0.1, 0.15) is 42.7 Å². The van der Waals surface area contributed by atoms with Gasteiger partial charge in [-0.25, -0.2) is 13.4 Å². The minimum atomic E-state index is -3.61. The molecule has 0 aliphatic carbocycles. The van der Waals surface area contributed by atoms with E-state index in [1.54, 1.807) is 11.8 Å². The molecule has 0 atom stereocenters. The van der Waals surface area contributed by atoms with Crippen LogP contribution in [0.3, 0.4) is 0 Å². The van der Waals surface area contributed by atoms with E-state index in [2.05, 4.69) is 4.98 Å². The molecule has 1 fully saturated rings. The summed E-state index contributed by atoms with van der Waals surface area (Å²) in [4.78, 5) is 18.5. The maximum Gasteiger partial charge on any atom is 0.237 e. The van der Waals surface area contributed by atoms with Gasteiger partial charge in [0.05, 0.1) is 11.4 Å². The van der Waals surface area contributed by atoms with Gasteiger partial charge in [0.25, 0.3) is 0 Å². The van der Waals surface area contributed by atoms with Gasteiger partial charge in [0.15, 0.2) is 9.84 Å². The Labute approximate surface area is 160 Å². The lowest BCUT2D eigenvalue weighted by Gasteiger charge is -2.20. The number of aromatic nitrogens is 1. The summed E-state index contributed by atoms with van der Waals surface area (Å²) < 4.78 is 30.8. The molecule has 1 aliphatic heterocycles. The van der Waals surface area contributed by atoms with Crippen LogP contribution >= 0.6 is 0 Å². The largest absolute Gasteiger partial charge is 0.441 e. The Morgan fingerprint density at radius 3 is 2.44 bits per heavy atom. The van der Waals surface area contributed by atoms with E-state index in [1.807, 2.05) is 31.2 Å². The van der Waals surface area contributed by atoms with Gasteiger partial charge in [-0.05, 0) is 38.3 Å². The molecule has 7 heteroatoms. The summed E-state index contributed by atoms with van der Waals surface area (Å²) in [6, 6.07) is 7.65. The van der Waals surface area contributed by atoms with Crippen molar-refractivity contribution >= 4 is 15.7 Å². The first-order valence-electron chi connectivity index (χ1n) is 9.36. The van der Waals surface area contributed by atoms with Crippen molar-refractivity contribution in [1.82, 2.24) is 9.88 Å². The lowest BCUT2D eigenvalue weighted by Crippen LogP contribution is -2.36. The Morgan fingerprint density at radius 1 is 1.11 bits per heavy atom. The Morgan fingerprint density at radius 2 is 1.78 bits per heavy atom. The highest BCUT2D eigenvalue weighted by Crippen LogP contribution is 2.25. The number of carbonyl (C=O) groups excluding carboxylic acids is 1. The minimum absolute atomic E-state index is 0.284. The topological polar surface area (TPSA) is 80.5 Å². The molecular formula is C20H26N2O4S. The highest BCUT2D eigenvalue weighted by Gasteiger charge is 2.25. The van der Waals surface area contributed by atoms with Gasteiger partial charge in [0.1, 0.15) is 11.5 Å². The number of benzene rings is 1. The third-order valence-electron chi connectivity index (χ3n) is 4.93. The zero-order chi connectivity index (χ0) is 19.4. The Kier molecular flexibility index (Phi) is 5.99. The quantitative estimate of drug-likeness (QED) is 0.783. The van der Waals surface area contributed by atoms with Crippen molar-refractivity contribution in [3.8, 4) is 11.5 Å². The van der Waals surface area contributed by atoms with E-state index in [4.69, 9.17) is 4.42 Å². The van der Waals surface area contributed by atoms with E-state index < -0.39 is 15.6 Å². The van der Waals surface area contributed by atoms with Crippen LogP contribution in [-0.2, 0) is 20.4 Å². The fraction of sp³-hybridized carbons (Fsp3) is 0.500. The van der Waals surface area contributed by atoms with Gasteiger partial charge in [-0.15, -0.1) is 0 Å². The number of sulfone groups is 1. The molecule has 0 saturated carbocycles. The summed E-state index contributed by atoms with van der Waals surface area (Å²) in [6.45, 7) is 4.95. The maximum atomic E-state index is 12.6. The summed E-state index contributed by atoms with van der Waals surface area (Å²) in [5, 5.41) is 0. The van der Waals surface area contributed by atoms with Crippen molar-refractivity contribution in [2.75, 3.05) is 18.8 Å². The summed E-state index contributed by atoms with van der Waals surface area (Å²) in [7, 11) is -3.61. The van der Waals surface area contributed by atoms with Crippen molar-refractivity contribution in [3.63, 3.8) is 0 Å². The first kappa shape index (κ1) is 19.6. The second-order valence-corrected chi connectivity index (χ2v) is 9.23. The molecule has 3 rings (SSSR count). The number of aryl methyl sites for hydroxylation is 2. The van der Waals surface area contributed by atoms with E-state index in [0.29, 0.717) is 30.4 Å². The van der Waals surface area contributed by atoms with E-state index in [0.717, 1.165) is 36.8 Å². The van der Waals surface area contributed by atoms with E-state index >= 15 is 0 Å². The van der Waals surface area contributed by atoms with Gasteiger partial charge < -0.3 is 9.32 Å². The lowest BCUT2D eigenvalue weighted by atomic mass is 10.1. The van der Waals surface area contributed by atoms with Crippen LogP contribution in [0.15, 0.2) is 28.7 Å². The molecule has 27 heavy (non-hydrogen) atoms. The molecule has 0 spiro atoms. The maximum absolute atomic E-state index is 12.6. The third kappa shape index (κ3) is 4.97. The van der Waals surface area contributed by atoms with E-state index in [-0.39, 0.29) is 11.7 Å². The Bertz CT molecular complexity index is 910. The van der Waals surface area contributed by atoms with Gasteiger partial charge in [-0.1, -0.05) is 31.0 Å². The SMILES string of the molecule is Cc1ccccc1-c1nc(CS(=O)(=O)CC(=O)N2CCCCCC2)c(C)o1. The molecule has 146 valence electrons. The minimum Gasteiger partial charge on any atom is -0.441 e. The number of carbonyl (C=O) groups is 1. The molecule has 1 amide bonds. The molecule has 0 unspecified atom stereocenters. The predicted molar refractivity (Wildman–Crippen MR) is 104 cm³/mol. The van der Waals surface area contributed by atoms with Crippen molar-refractivity contribution in [3.05, 3.63) is 41.3 Å². The third-order valence-corrected chi connectivity index (χ3v) is 6.33. The molecule has 6 nitrogen and oxygen atoms in total. The number of nitrogens with zero attached hydrogens (tertiary/aromatic N) is 2. The predicted octanol–water partition coefficient (Wildman–Crippen LogP) is 3.28. The number of rotatable bonds is 5. The van der Waals surface area contributed by atoms with Crippen LogP contribution in [0.5, 0.6) is 0 Å². The average molecular weight is 391 g/mol. The highest BCUT2D eigenvalue weighted by atomic mass is 32.2. The number of amides is 1. The normalized spacial score (nSPS) is 15.6. The molecule has 0 N–H and O–H groups in total. The Hall–Kier alpha value is -2.15. The zero-order valence-electron chi connectivity index (χ0n) is 15.9. The number of likely N-dealkylation sites (tertiary alicyclic amines) is 1. The van der Waals surface area contributed by atoms with E-state index in [1.165, 1.54) is 0 Å². The molecule has 1 saturated heterocycles. The van der Waals surface area contributed by atoms with Gasteiger partial charge >= 0.3 is 0 Å². The average Bonchev–Trinajstić information content (AvgIpc) is 2.82. The van der Waals surface area contributed by atoms with E-state index in [9.17, 15) is 13.2 Å². The number of oxazole rings is 1. The van der Waals surface area contributed by atoms with Crippen LogP contribution in [0.4, 0.5) is 0 Å². The molecular weight excluding hydrogens is 364 g/mol. The summed E-state index contributed by atoms with van der Waals surface area (Å²) >= 11 is 0. The van der Waals surface area contributed by atoms with Gasteiger partial charge in [-0.3, -0.25) is 4.79 Å². The smallest absolute Gasteiger partial charge is 0.237 e. The fourth-order valence-corrected chi connectivity index (χ4v) is 4.69. The second-order valence-electron chi connectivity index (χ2n) is 7.16. The van der Waals surface area contributed by atoms with Crippen molar-refractivity contribution in [1.29, 1.82) is 0 Å². The van der Waals surface area contributed by atoms with Crippen LogP contribution < -0.4 is 0 Å². The monoisotopic (exact) mass is 390 g/mol. The molecule has 2 heterocycles. The van der Waals surface area contributed by atoms with Crippen LogP contribution in [0, 0.1) is 13.8 Å². The second kappa shape index (κ2) is 8.25. The van der Waals surface area contributed by atoms with Crippen molar-refractivity contribution in [2.24, 2.45) is 0 Å². The van der Waals surface area contributed by atoms with Crippen LogP contribution in [0.2, 0.25) is 0 Å². The molecule has 1 aliphatic rings. The molecule has 1 aromatic heterocycles. The fourth-order valence-electron chi connectivity index (χ4n) is 3.35. The first-order valence-corrected chi connectivity index (χ1v) is 11.2. The Balaban J connectivity index is 1.72. The van der Waals surface area contributed by atoms with Crippen molar-refractivity contribution in [2.45, 2.75) is 45.3 Å². The summed E-state index contributed by atoms with van der Waals surface area (Å²) in [5.74, 6) is -0.182. The highest BCUT2D eigenvalue weighted by molar-refractivity contribution is 7.91. The lowest BCUT2D eigenvalue weighted by molar-refractivity contribution is -0.128. The standard InChI is InChI=1S/C20H26N2O4S/c1-15-9-5-6-10-17(15)20-21-18(16(2)26-20)13-27(24,25)14-19(23)22-11-7-3-4-8-12-22/h5-6,9-10H,3-4,7-8,11-14H2,1-2H3.